The predicted molar refractivity (Wildman–Crippen MR) is 47.5 cm³/mol. The molecule has 0 saturated heterocycles. The minimum Gasteiger partial charge on any atom is -0.716 e. The van der Waals surface area contributed by atoms with E-state index in [1.54, 1.807) is 6.07 Å². The van der Waals surface area contributed by atoms with Crippen LogP contribution in [0.25, 0.3) is 0 Å². The van der Waals surface area contributed by atoms with Crippen molar-refractivity contribution in [2.45, 2.75) is 0 Å². The summed E-state index contributed by atoms with van der Waals surface area (Å²) in [5.74, 6) is -1.17. The van der Waals surface area contributed by atoms with Crippen molar-refractivity contribution >= 4 is 16.4 Å². The van der Waals surface area contributed by atoms with Crippen molar-refractivity contribution in [1.29, 1.82) is 0 Å². The number of carbonyl (C=O) groups excluding carboxylic acids is 1. The minimum absolute atomic E-state index is 0. The van der Waals surface area contributed by atoms with Gasteiger partial charge in [-0.3, -0.25) is 0 Å². The van der Waals surface area contributed by atoms with E-state index in [2.05, 4.69) is 4.18 Å². The van der Waals surface area contributed by atoms with Crippen LogP contribution >= 0.6 is 0 Å². The van der Waals surface area contributed by atoms with Crippen LogP contribution in [0, 0.1) is 0 Å². The Labute approximate surface area is 81.0 Å². The lowest BCUT2D eigenvalue weighted by molar-refractivity contribution is 0.0725. The first-order chi connectivity index (χ1) is 5.99. The second-order valence-electron chi connectivity index (χ2n) is 2.15. The number of quaternary nitrogens is 1. The van der Waals surface area contributed by atoms with Crippen molar-refractivity contribution in [3.05, 3.63) is 35.9 Å². The lowest BCUT2D eigenvalue weighted by Gasteiger charge is -2.06. The van der Waals surface area contributed by atoms with Crippen LogP contribution in [0.2, 0.25) is 0 Å². The summed E-state index contributed by atoms with van der Waals surface area (Å²) >= 11 is 0. The highest BCUT2D eigenvalue weighted by atomic mass is 32.3. The van der Waals surface area contributed by atoms with Crippen LogP contribution in [0.4, 0.5) is 0 Å². The van der Waals surface area contributed by atoms with Gasteiger partial charge in [-0.2, -0.15) is 0 Å². The van der Waals surface area contributed by atoms with Crippen LogP contribution in [0.5, 0.6) is 0 Å². The summed E-state index contributed by atoms with van der Waals surface area (Å²) in [6.45, 7) is 0. The van der Waals surface area contributed by atoms with Crippen molar-refractivity contribution in [3.8, 4) is 0 Å². The van der Waals surface area contributed by atoms with Crippen molar-refractivity contribution < 1.29 is 21.9 Å². The van der Waals surface area contributed by atoms with Crippen LogP contribution in [-0.2, 0) is 14.6 Å². The van der Waals surface area contributed by atoms with Gasteiger partial charge >= 0.3 is 5.97 Å². The Morgan fingerprint density at radius 1 is 1.21 bits per heavy atom. The number of hydrogen-bond acceptors (Lipinski definition) is 5. The van der Waals surface area contributed by atoms with E-state index in [-0.39, 0.29) is 11.7 Å². The van der Waals surface area contributed by atoms with Crippen molar-refractivity contribution in [1.82, 2.24) is 6.15 Å². The van der Waals surface area contributed by atoms with E-state index in [1.165, 1.54) is 24.3 Å². The molecule has 1 aromatic carbocycles. The fraction of sp³-hybridized carbons (Fsp3) is 0. The van der Waals surface area contributed by atoms with Gasteiger partial charge in [0.05, 0.1) is 5.56 Å². The van der Waals surface area contributed by atoms with E-state index in [4.69, 9.17) is 0 Å². The van der Waals surface area contributed by atoms with Gasteiger partial charge in [0.25, 0.3) is 10.4 Å². The van der Waals surface area contributed by atoms with Crippen LogP contribution in [-0.4, -0.2) is 18.9 Å². The molecule has 7 heteroatoms. The molecule has 0 spiro atoms. The molecule has 0 aliphatic carbocycles. The highest BCUT2D eigenvalue weighted by Gasteiger charge is 2.08. The smallest absolute Gasteiger partial charge is 0.352 e. The number of rotatable bonds is 2. The van der Waals surface area contributed by atoms with E-state index in [0.29, 0.717) is 0 Å². The molecule has 0 unspecified atom stereocenters. The summed E-state index contributed by atoms with van der Waals surface area (Å²) in [5.41, 5.74) is 0.0157. The van der Waals surface area contributed by atoms with E-state index < -0.39 is 16.4 Å². The predicted octanol–water partition coefficient (Wildman–Crippen LogP) is 0.680. The topological polar surface area (TPSA) is 120 Å². The molecule has 0 aliphatic rings. The van der Waals surface area contributed by atoms with Crippen LogP contribution < -0.4 is 6.15 Å². The van der Waals surface area contributed by atoms with Crippen LogP contribution in [0.1, 0.15) is 10.4 Å². The Hall–Kier alpha value is -1.44. The third kappa shape index (κ3) is 3.99. The number of benzene rings is 1. The van der Waals surface area contributed by atoms with Gasteiger partial charge in [0.2, 0.25) is 0 Å². The second-order valence-corrected chi connectivity index (χ2v) is 3.13. The molecule has 0 aromatic heterocycles. The largest absolute Gasteiger partial charge is 0.716 e. The third-order valence-corrected chi connectivity index (χ3v) is 1.54. The SMILES string of the molecule is O=C(OS(=O)(=O)[O-])c1ccccc1.[NH4+]. The zero-order valence-corrected chi connectivity index (χ0v) is 8.15. The van der Waals surface area contributed by atoms with Crippen LogP contribution in [0.15, 0.2) is 30.3 Å². The van der Waals surface area contributed by atoms with E-state index in [1.807, 2.05) is 0 Å². The molecule has 14 heavy (non-hydrogen) atoms. The average Bonchev–Trinajstić information content (AvgIpc) is 2.03. The quantitative estimate of drug-likeness (QED) is 0.579. The molecule has 78 valence electrons. The summed E-state index contributed by atoms with van der Waals surface area (Å²) in [4.78, 5) is 10.9. The first-order valence-corrected chi connectivity index (χ1v) is 4.57. The molecule has 6 nitrogen and oxygen atoms in total. The zero-order valence-electron chi connectivity index (χ0n) is 7.34. The Bertz CT molecular complexity index is 399. The van der Waals surface area contributed by atoms with E-state index in [9.17, 15) is 17.8 Å². The summed E-state index contributed by atoms with van der Waals surface area (Å²) in [7, 11) is -4.97. The van der Waals surface area contributed by atoms with Crippen molar-refractivity contribution in [3.63, 3.8) is 0 Å². The van der Waals surface area contributed by atoms with E-state index in [0.717, 1.165) is 0 Å². The first kappa shape index (κ1) is 12.6. The molecule has 0 radical (unpaired) electrons. The maximum absolute atomic E-state index is 10.9. The molecule has 0 saturated carbocycles. The Morgan fingerprint density at radius 2 is 1.71 bits per heavy atom. The number of hydrogen-bond donors (Lipinski definition) is 1. The molecule has 0 amide bonds. The molecule has 0 bridgehead atoms. The van der Waals surface area contributed by atoms with Gasteiger partial charge in [-0.1, -0.05) is 18.2 Å². The molecule has 1 aromatic rings. The van der Waals surface area contributed by atoms with Gasteiger partial charge in [-0.05, 0) is 12.1 Å². The molecular formula is C7H9NO5S. The molecule has 1 rings (SSSR count). The summed E-state index contributed by atoms with van der Waals surface area (Å²) < 4.78 is 33.7. The van der Waals surface area contributed by atoms with Gasteiger partial charge in [-0.25, -0.2) is 13.2 Å². The Balaban J connectivity index is 0.00000169. The molecule has 0 heterocycles. The molecule has 0 fully saturated rings. The second kappa shape index (κ2) is 4.70. The lowest BCUT2D eigenvalue weighted by Crippen LogP contribution is -2.11. The Kier molecular flexibility index (Phi) is 4.22. The standard InChI is InChI=1S/C7H6O5S.H3N/c8-7(12-13(9,10)11)6-4-2-1-3-5-6;/h1-5H,(H,9,10,11);1H3. The maximum Gasteiger partial charge on any atom is 0.352 e. The fourth-order valence-electron chi connectivity index (χ4n) is 0.715. The summed E-state index contributed by atoms with van der Waals surface area (Å²) in [6.07, 6.45) is 0. The lowest BCUT2D eigenvalue weighted by atomic mass is 10.2. The highest BCUT2D eigenvalue weighted by Crippen LogP contribution is 2.02. The average molecular weight is 219 g/mol. The minimum atomic E-state index is -4.97. The van der Waals surface area contributed by atoms with Gasteiger partial charge < -0.3 is 14.9 Å². The molecule has 0 atom stereocenters. The monoisotopic (exact) mass is 219 g/mol. The molecular weight excluding hydrogens is 210 g/mol. The van der Waals surface area contributed by atoms with Gasteiger partial charge in [0.1, 0.15) is 0 Å². The summed E-state index contributed by atoms with van der Waals surface area (Å²) in [6, 6.07) is 7.37. The summed E-state index contributed by atoms with van der Waals surface area (Å²) in [5, 5.41) is 0. The third-order valence-electron chi connectivity index (χ3n) is 1.19. The molecule has 4 N–H and O–H groups in total. The fourth-order valence-corrected chi connectivity index (χ4v) is 0.997. The van der Waals surface area contributed by atoms with Crippen LogP contribution in [0.3, 0.4) is 0 Å². The highest BCUT2D eigenvalue weighted by molar-refractivity contribution is 7.81. The maximum atomic E-state index is 10.9. The zero-order chi connectivity index (χ0) is 9.90. The first-order valence-electron chi connectivity index (χ1n) is 3.24. The van der Waals surface area contributed by atoms with Gasteiger partial charge in [0.15, 0.2) is 0 Å². The Morgan fingerprint density at radius 3 is 2.14 bits per heavy atom. The van der Waals surface area contributed by atoms with Crippen molar-refractivity contribution in [2.75, 3.05) is 0 Å². The molecule has 0 aliphatic heterocycles. The van der Waals surface area contributed by atoms with Gasteiger partial charge in [0, 0.05) is 0 Å². The van der Waals surface area contributed by atoms with Gasteiger partial charge in [-0.15, -0.1) is 0 Å². The van der Waals surface area contributed by atoms with E-state index >= 15 is 0 Å². The normalized spacial score (nSPS) is 10.1. The van der Waals surface area contributed by atoms with Crippen molar-refractivity contribution in [2.24, 2.45) is 0 Å². The number of carbonyl (C=O) groups is 1.